The maximum Gasteiger partial charge on any atom is 0.416 e. The van der Waals surface area contributed by atoms with E-state index in [0.29, 0.717) is 0 Å². The topological polar surface area (TPSA) is 58.2 Å². The third-order valence-electron chi connectivity index (χ3n) is 4.00. The van der Waals surface area contributed by atoms with Crippen LogP contribution in [0.15, 0.2) is 72.8 Å². The van der Waals surface area contributed by atoms with Gasteiger partial charge >= 0.3 is 6.18 Å². The molecule has 3 rings (SSSR count). The van der Waals surface area contributed by atoms with Crippen molar-refractivity contribution in [1.82, 2.24) is 0 Å². The summed E-state index contributed by atoms with van der Waals surface area (Å²) in [6.07, 6.45) is -4.49. The molecule has 0 unspecified atom stereocenters. The Labute approximate surface area is 163 Å². The van der Waals surface area contributed by atoms with E-state index >= 15 is 0 Å². The van der Waals surface area contributed by atoms with E-state index < -0.39 is 29.4 Å². The number of carbonyl (C=O) groups excluding carboxylic acids is 2. The predicted molar refractivity (Wildman–Crippen MR) is 100 cm³/mol. The zero-order valence-electron chi connectivity index (χ0n) is 14.8. The van der Waals surface area contributed by atoms with Gasteiger partial charge in [0.25, 0.3) is 11.8 Å². The second-order valence-electron chi connectivity index (χ2n) is 6.04. The molecule has 3 aromatic rings. The van der Waals surface area contributed by atoms with E-state index in [1.807, 2.05) is 0 Å². The Balaban J connectivity index is 1.75. The number of benzene rings is 3. The van der Waals surface area contributed by atoms with Crippen molar-refractivity contribution in [2.24, 2.45) is 0 Å². The second kappa shape index (κ2) is 8.14. The molecule has 0 saturated carbocycles. The van der Waals surface area contributed by atoms with Gasteiger partial charge < -0.3 is 10.6 Å². The van der Waals surface area contributed by atoms with Crippen molar-refractivity contribution < 1.29 is 27.2 Å². The number of carbonyl (C=O) groups is 2. The van der Waals surface area contributed by atoms with E-state index in [1.54, 1.807) is 18.2 Å². The first-order valence-corrected chi connectivity index (χ1v) is 8.38. The fourth-order valence-electron chi connectivity index (χ4n) is 2.50. The molecule has 0 bridgehead atoms. The molecule has 148 valence electrons. The monoisotopic (exact) mass is 402 g/mol. The van der Waals surface area contributed by atoms with Gasteiger partial charge in [-0.3, -0.25) is 9.59 Å². The molecule has 0 heterocycles. The van der Waals surface area contributed by atoms with Gasteiger partial charge in [0.1, 0.15) is 5.82 Å². The number of nitrogens with one attached hydrogen (secondary N) is 2. The molecule has 0 aliphatic heterocycles. The normalized spacial score (nSPS) is 11.0. The Morgan fingerprint density at radius 3 is 1.48 bits per heavy atom. The summed E-state index contributed by atoms with van der Waals surface area (Å²) in [5.41, 5.74) is -0.0797. The van der Waals surface area contributed by atoms with Crippen molar-refractivity contribution in [2.75, 3.05) is 10.6 Å². The third-order valence-corrected chi connectivity index (χ3v) is 4.00. The summed E-state index contributed by atoms with van der Waals surface area (Å²) >= 11 is 0. The van der Waals surface area contributed by atoms with Crippen LogP contribution in [0.4, 0.5) is 28.9 Å². The van der Waals surface area contributed by atoms with E-state index in [4.69, 9.17) is 0 Å². The molecule has 8 heteroatoms. The van der Waals surface area contributed by atoms with Gasteiger partial charge in [-0.15, -0.1) is 0 Å². The molecular formula is C21H14F4N2O2. The number of alkyl halides is 3. The molecule has 0 atom stereocenters. The minimum atomic E-state index is -4.49. The smallest absolute Gasteiger partial charge is 0.320 e. The maximum absolute atomic E-state index is 13.0. The lowest BCUT2D eigenvalue weighted by Crippen LogP contribution is -2.17. The first-order chi connectivity index (χ1) is 13.7. The van der Waals surface area contributed by atoms with Gasteiger partial charge in [0.05, 0.1) is 16.9 Å². The molecule has 3 aromatic carbocycles. The van der Waals surface area contributed by atoms with Crippen LogP contribution in [0.25, 0.3) is 0 Å². The van der Waals surface area contributed by atoms with Gasteiger partial charge in [-0.2, -0.15) is 13.2 Å². The largest absolute Gasteiger partial charge is 0.416 e. The molecule has 0 aliphatic carbocycles. The van der Waals surface area contributed by atoms with Crippen LogP contribution in [0, 0.1) is 5.82 Å². The molecule has 0 aromatic heterocycles. The highest BCUT2D eigenvalue weighted by Crippen LogP contribution is 2.29. The standard InChI is InChI=1S/C21H14F4N2O2/c22-16-11-7-14(8-12-16)20(29)27-18-4-2-1-3-17(18)26-19(28)13-5-9-15(10-6-13)21(23,24)25/h1-12H,(H,26,28)(H,27,29). The Kier molecular flexibility index (Phi) is 5.63. The molecule has 29 heavy (non-hydrogen) atoms. The molecule has 0 fully saturated rings. The van der Waals surface area contributed by atoms with Crippen molar-refractivity contribution in [1.29, 1.82) is 0 Å². The van der Waals surface area contributed by atoms with Gasteiger partial charge in [-0.25, -0.2) is 4.39 Å². The van der Waals surface area contributed by atoms with E-state index in [9.17, 15) is 27.2 Å². The number of hydrogen-bond acceptors (Lipinski definition) is 2. The summed E-state index contributed by atoms with van der Waals surface area (Å²) in [6.45, 7) is 0. The molecule has 0 saturated heterocycles. The molecule has 2 N–H and O–H groups in total. The Morgan fingerprint density at radius 1 is 0.655 bits per heavy atom. The number of anilines is 2. The fourth-order valence-corrected chi connectivity index (χ4v) is 2.50. The van der Waals surface area contributed by atoms with Crippen LogP contribution in [-0.2, 0) is 6.18 Å². The van der Waals surface area contributed by atoms with Gasteiger partial charge in [0.2, 0.25) is 0 Å². The summed E-state index contributed by atoms with van der Waals surface area (Å²) in [6, 6.07) is 15.0. The lowest BCUT2D eigenvalue weighted by Gasteiger charge is -2.13. The van der Waals surface area contributed by atoms with Gasteiger partial charge in [0, 0.05) is 11.1 Å². The maximum atomic E-state index is 13.0. The quantitative estimate of drug-likeness (QED) is 0.578. The lowest BCUT2D eigenvalue weighted by molar-refractivity contribution is -0.137. The number of rotatable bonds is 4. The van der Waals surface area contributed by atoms with Crippen LogP contribution in [0.5, 0.6) is 0 Å². The molecule has 0 radical (unpaired) electrons. The van der Waals surface area contributed by atoms with E-state index in [1.165, 1.54) is 18.2 Å². The van der Waals surface area contributed by atoms with E-state index in [0.717, 1.165) is 36.4 Å². The van der Waals surface area contributed by atoms with Crippen molar-refractivity contribution in [3.8, 4) is 0 Å². The van der Waals surface area contributed by atoms with E-state index in [-0.39, 0.29) is 22.5 Å². The van der Waals surface area contributed by atoms with Gasteiger partial charge in [-0.1, -0.05) is 12.1 Å². The SMILES string of the molecule is O=C(Nc1ccccc1NC(=O)c1ccc(C(F)(F)F)cc1)c1ccc(F)cc1. The fraction of sp³-hybridized carbons (Fsp3) is 0.0476. The summed E-state index contributed by atoms with van der Waals surface area (Å²) in [5, 5.41) is 5.16. The van der Waals surface area contributed by atoms with E-state index in [2.05, 4.69) is 10.6 Å². The van der Waals surface area contributed by atoms with Crippen molar-refractivity contribution >= 4 is 23.2 Å². The van der Waals surface area contributed by atoms with Crippen molar-refractivity contribution in [2.45, 2.75) is 6.18 Å². The van der Waals surface area contributed by atoms with Gasteiger partial charge in [-0.05, 0) is 60.7 Å². The first kappa shape index (κ1) is 20.1. The number of hydrogen-bond donors (Lipinski definition) is 2. The zero-order valence-corrected chi connectivity index (χ0v) is 14.8. The molecule has 0 aliphatic rings. The highest BCUT2D eigenvalue weighted by molar-refractivity contribution is 6.09. The second-order valence-corrected chi connectivity index (χ2v) is 6.04. The minimum Gasteiger partial charge on any atom is -0.320 e. The number of amides is 2. The molecule has 0 spiro atoms. The highest BCUT2D eigenvalue weighted by atomic mass is 19.4. The lowest BCUT2D eigenvalue weighted by atomic mass is 10.1. The highest BCUT2D eigenvalue weighted by Gasteiger charge is 2.30. The van der Waals surface area contributed by atoms with Crippen LogP contribution in [-0.4, -0.2) is 11.8 Å². The molecule has 2 amide bonds. The van der Waals surface area contributed by atoms with Gasteiger partial charge in [0.15, 0.2) is 0 Å². The third kappa shape index (κ3) is 4.98. The molecule has 4 nitrogen and oxygen atoms in total. The van der Waals surface area contributed by atoms with Crippen LogP contribution in [0.2, 0.25) is 0 Å². The minimum absolute atomic E-state index is 0.0256. The summed E-state index contributed by atoms with van der Waals surface area (Å²) in [4.78, 5) is 24.7. The predicted octanol–water partition coefficient (Wildman–Crippen LogP) is 5.35. The van der Waals surface area contributed by atoms with Crippen molar-refractivity contribution in [3.05, 3.63) is 95.3 Å². The Morgan fingerprint density at radius 2 is 1.07 bits per heavy atom. The summed E-state index contributed by atoms with van der Waals surface area (Å²) < 4.78 is 50.9. The number of para-hydroxylation sites is 2. The van der Waals surface area contributed by atoms with Crippen LogP contribution in [0.1, 0.15) is 26.3 Å². The van der Waals surface area contributed by atoms with Crippen LogP contribution < -0.4 is 10.6 Å². The Hall–Kier alpha value is -3.68. The molecular weight excluding hydrogens is 388 g/mol. The Bertz CT molecular complexity index is 1030. The van der Waals surface area contributed by atoms with Crippen LogP contribution >= 0.6 is 0 Å². The van der Waals surface area contributed by atoms with Crippen LogP contribution in [0.3, 0.4) is 0 Å². The zero-order chi connectivity index (χ0) is 21.0. The average Bonchev–Trinajstić information content (AvgIpc) is 2.69. The summed E-state index contributed by atoms with van der Waals surface area (Å²) in [5.74, 6) is -1.63. The van der Waals surface area contributed by atoms with Crippen molar-refractivity contribution in [3.63, 3.8) is 0 Å². The number of halogens is 4. The average molecular weight is 402 g/mol. The summed E-state index contributed by atoms with van der Waals surface area (Å²) in [7, 11) is 0. The first-order valence-electron chi connectivity index (χ1n) is 8.38.